The Morgan fingerprint density at radius 3 is 2.67 bits per heavy atom. The number of nitrogens with zero attached hydrogens (tertiary/aromatic N) is 1. The van der Waals surface area contributed by atoms with E-state index in [0.29, 0.717) is 18.4 Å². The van der Waals surface area contributed by atoms with Gasteiger partial charge in [0, 0.05) is 17.7 Å². The molecule has 5 nitrogen and oxygen atoms in total. The van der Waals surface area contributed by atoms with Crippen molar-refractivity contribution < 1.29 is 9.21 Å². The number of aromatic nitrogens is 1. The van der Waals surface area contributed by atoms with E-state index in [1.807, 2.05) is 12.1 Å². The molecule has 2 aromatic rings. The number of H-pyrrole nitrogens is 1. The third-order valence-corrected chi connectivity index (χ3v) is 5.02. The zero-order chi connectivity index (χ0) is 16.8. The van der Waals surface area contributed by atoms with Gasteiger partial charge in [-0.3, -0.25) is 9.59 Å². The molecule has 1 N–H and O–H groups in total. The first-order valence-corrected chi connectivity index (χ1v) is 8.62. The highest BCUT2D eigenvalue weighted by atomic mass is 16.3. The maximum Gasteiger partial charge on any atom is 0.260 e. The van der Waals surface area contributed by atoms with Crippen LogP contribution in [0.25, 0.3) is 0 Å². The van der Waals surface area contributed by atoms with Crippen LogP contribution in [-0.2, 0) is 6.54 Å². The summed E-state index contributed by atoms with van der Waals surface area (Å²) in [5.41, 5.74) is 0.636. The molecule has 0 aromatic carbocycles. The molecule has 0 unspecified atom stereocenters. The smallest absolute Gasteiger partial charge is 0.260 e. The Bertz CT molecular complexity index is 831. The summed E-state index contributed by atoms with van der Waals surface area (Å²) >= 11 is 0. The normalized spacial score (nSPS) is 22.4. The number of amides is 1. The molecule has 24 heavy (non-hydrogen) atoms. The quantitative estimate of drug-likeness (QED) is 0.917. The van der Waals surface area contributed by atoms with Gasteiger partial charge in [0.2, 0.25) is 0 Å². The van der Waals surface area contributed by atoms with E-state index in [1.54, 1.807) is 24.0 Å². The van der Waals surface area contributed by atoms with Crippen LogP contribution < -0.4 is 5.56 Å². The predicted molar refractivity (Wildman–Crippen MR) is 89.9 cm³/mol. The number of nitrogens with one attached hydrogen (secondary N) is 1. The molecule has 2 atom stereocenters. The zero-order valence-electron chi connectivity index (χ0n) is 14.0. The van der Waals surface area contributed by atoms with Crippen molar-refractivity contribution in [3.05, 3.63) is 57.4 Å². The average molecular weight is 326 g/mol. The van der Waals surface area contributed by atoms with Crippen LogP contribution in [0.5, 0.6) is 0 Å². The lowest BCUT2D eigenvalue weighted by Crippen LogP contribution is -2.36. The molecule has 0 bridgehead atoms. The summed E-state index contributed by atoms with van der Waals surface area (Å²) in [4.78, 5) is 29.4. The Kier molecular flexibility index (Phi) is 3.59. The number of aryl methyl sites for hydroxylation is 1. The van der Waals surface area contributed by atoms with E-state index in [0.717, 1.165) is 30.1 Å². The van der Waals surface area contributed by atoms with Crippen molar-refractivity contribution in [2.45, 2.75) is 51.6 Å². The van der Waals surface area contributed by atoms with Crippen LogP contribution in [0, 0.1) is 12.8 Å². The number of carbonyl (C=O) groups is 1. The minimum atomic E-state index is -0.322. The van der Waals surface area contributed by atoms with Crippen molar-refractivity contribution in [3.8, 4) is 0 Å². The fraction of sp³-hybridized carbons (Fsp3) is 0.474. The van der Waals surface area contributed by atoms with Crippen LogP contribution >= 0.6 is 0 Å². The summed E-state index contributed by atoms with van der Waals surface area (Å²) in [6.45, 7) is 4.45. The van der Waals surface area contributed by atoms with Gasteiger partial charge in [0.25, 0.3) is 11.5 Å². The highest BCUT2D eigenvalue weighted by Crippen LogP contribution is 2.47. The first kappa shape index (κ1) is 15.2. The number of furan rings is 1. The molecule has 1 amide bonds. The first-order valence-electron chi connectivity index (χ1n) is 8.62. The van der Waals surface area contributed by atoms with Crippen molar-refractivity contribution >= 4 is 5.91 Å². The van der Waals surface area contributed by atoms with Crippen molar-refractivity contribution in [3.63, 3.8) is 0 Å². The summed E-state index contributed by atoms with van der Waals surface area (Å²) in [7, 11) is 0. The van der Waals surface area contributed by atoms with Crippen LogP contribution in [0.15, 0.2) is 33.5 Å². The molecular formula is C19H22N2O3. The summed E-state index contributed by atoms with van der Waals surface area (Å²) in [5.74, 6) is 2.83. The molecule has 2 aliphatic carbocycles. The number of hydrogen-bond acceptors (Lipinski definition) is 3. The number of aromatic amines is 1. The second kappa shape index (κ2) is 5.65. The van der Waals surface area contributed by atoms with Gasteiger partial charge < -0.3 is 14.3 Å². The topological polar surface area (TPSA) is 66.3 Å². The Morgan fingerprint density at radius 1 is 1.29 bits per heavy atom. The standard InChI is InChI=1S/C19H22N2O3/c1-11-9-16(11)17-8-6-14(24-17)10-21(13-4-5-13)19(23)15-7-3-12(2)20-18(15)22/h3,6-8,11,13,16H,4-5,9-10H2,1-2H3,(H,20,22)/t11-,16+/m1/s1. The van der Waals surface area contributed by atoms with Gasteiger partial charge >= 0.3 is 0 Å². The predicted octanol–water partition coefficient (Wildman–Crippen LogP) is 3.20. The monoisotopic (exact) mass is 326 g/mol. The van der Waals surface area contributed by atoms with Crippen molar-refractivity contribution in [2.24, 2.45) is 5.92 Å². The van der Waals surface area contributed by atoms with Crippen LogP contribution in [0.1, 0.15) is 59.7 Å². The molecule has 0 aliphatic heterocycles. The van der Waals surface area contributed by atoms with E-state index in [1.165, 1.54) is 6.42 Å². The Labute approximate surface area is 140 Å². The van der Waals surface area contributed by atoms with Gasteiger partial charge in [-0.2, -0.15) is 0 Å². The highest BCUT2D eigenvalue weighted by Gasteiger charge is 2.38. The molecular weight excluding hydrogens is 304 g/mol. The molecule has 0 spiro atoms. The van der Waals surface area contributed by atoms with E-state index in [4.69, 9.17) is 4.42 Å². The molecule has 2 aliphatic rings. The van der Waals surface area contributed by atoms with E-state index < -0.39 is 0 Å². The minimum Gasteiger partial charge on any atom is -0.464 e. The number of hydrogen-bond donors (Lipinski definition) is 1. The summed E-state index contributed by atoms with van der Waals surface area (Å²) in [6.07, 6.45) is 3.16. The van der Waals surface area contributed by atoms with Crippen molar-refractivity contribution in [1.29, 1.82) is 0 Å². The second-order valence-corrected chi connectivity index (χ2v) is 7.17. The fourth-order valence-electron chi connectivity index (χ4n) is 3.21. The lowest BCUT2D eigenvalue weighted by molar-refractivity contribution is 0.0715. The van der Waals surface area contributed by atoms with Gasteiger partial charge in [-0.25, -0.2) is 0 Å². The minimum absolute atomic E-state index is 0.204. The summed E-state index contributed by atoms with van der Waals surface area (Å²) < 4.78 is 5.94. The molecule has 2 fully saturated rings. The maximum atomic E-state index is 12.8. The third-order valence-electron chi connectivity index (χ3n) is 5.02. The summed E-state index contributed by atoms with van der Waals surface area (Å²) in [5, 5.41) is 0. The molecule has 126 valence electrons. The van der Waals surface area contributed by atoms with Crippen molar-refractivity contribution in [1.82, 2.24) is 9.88 Å². The Hall–Kier alpha value is -2.30. The van der Waals surface area contributed by atoms with E-state index >= 15 is 0 Å². The van der Waals surface area contributed by atoms with Gasteiger partial charge in [-0.05, 0) is 56.4 Å². The van der Waals surface area contributed by atoms with Gasteiger partial charge in [0.1, 0.15) is 17.1 Å². The van der Waals surface area contributed by atoms with Crippen LogP contribution in [0.2, 0.25) is 0 Å². The number of carbonyl (C=O) groups excluding carboxylic acids is 1. The SMILES string of the molecule is Cc1ccc(C(=O)N(Cc2ccc([C@H]3C[C@H]3C)o2)C2CC2)c(=O)[nH]1. The average Bonchev–Trinajstić information content (AvgIpc) is 3.45. The van der Waals surface area contributed by atoms with Crippen LogP contribution in [-0.4, -0.2) is 21.8 Å². The molecule has 2 aromatic heterocycles. The Balaban J connectivity index is 1.55. The molecule has 0 saturated heterocycles. The third kappa shape index (κ3) is 2.90. The number of rotatable bonds is 5. The molecule has 0 radical (unpaired) electrons. The molecule has 5 heteroatoms. The molecule has 2 heterocycles. The first-order chi connectivity index (χ1) is 11.5. The summed E-state index contributed by atoms with van der Waals surface area (Å²) in [6, 6.07) is 7.58. The van der Waals surface area contributed by atoms with E-state index in [2.05, 4.69) is 11.9 Å². The van der Waals surface area contributed by atoms with E-state index in [-0.39, 0.29) is 23.1 Å². The maximum absolute atomic E-state index is 12.8. The number of pyridine rings is 1. The largest absolute Gasteiger partial charge is 0.464 e. The zero-order valence-corrected chi connectivity index (χ0v) is 14.0. The van der Waals surface area contributed by atoms with Gasteiger partial charge in [0.05, 0.1) is 6.54 Å². The van der Waals surface area contributed by atoms with Crippen LogP contribution in [0.4, 0.5) is 0 Å². The second-order valence-electron chi connectivity index (χ2n) is 7.17. The van der Waals surface area contributed by atoms with Crippen molar-refractivity contribution in [2.75, 3.05) is 0 Å². The lowest BCUT2D eigenvalue weighted by Gasteiger charge is -2.21. The molecule has 2 saturated carbocycles. The van der Waals surface area contributed by atoms with Gasteiger partial charge in [-0.1, -0.05) is 6.92 Å². The molecule has 4 rings (SSSR count). The highest BCUT2D eigenvalue weighted by molar-refractivity contribution is 5.94. The fourth-order valence-corrected chi connectivity index (χ4v) is 3.21. The van der Waals surface area contributed by atoms with E-state index in [9.17, 15) is 9.59 Å². The van der Waals surface area contributed by atoms with Gasteiger partial charge in [0.15, 0.2) is 0 Å². The Morgan fingerprint density at radius 2 is 2.04 bits per heavy atom. The lowest BCUT2D eigenvalue weighted by atomic mass is 10.2. The van der Waals surface area contributed by atoms with Crippen LogP contribution in [0.3, 0.4) is 0 Å². The van der Waals surface area contributed by atoms with Gasteiger partial charge in [-0.15, -0.1) is 0 Å².